The Hall–Kier alpha value is -2.68. The Balaban J connectivity index is 1.14. The number of piperidine rings is 1. The lowest BCUT2D eigenvalue weighted by Gasteiger charge is -2.31. The van der Waals surface area contributed by atoms with E-state index in [1.54, 1.807) is 18.2 Å². The predicted octanol–water partition coefficient (Wildman–Crippen LogP) is 3.81. The Labute approximate surface area is 184 Å². The van der Waals surface area contributed by atoms with Crippen LogP contribution in [0.15, 0.2) is 18.2 Å². The van der Waals surface area contributed by atoms with Crippen molar-refractivity contribution < 1.29 is 19.1 Å². The maximum absolute atomic E-state index is 12.6. The number of amides is 2. The molecule has 2 fully saturated rings. The molecule has 1 N–H and O–H groups in total. The maximum atomic E-state index is 12.6. The number of fused-ring (bicyclic) bond motifs is 1. The van der Waals surface area contributed by atoms with Crippen LogP contribution in [-0.4, -0.2) is 46.8 Å². The van der Waals surface area contributed by atoms with E-state index in [1.807, 2.05) is 4.90 Å². The molecule has 2 amide bonds. The molecule has 9 heteroatoms. The summed E-state index contributed by atoms with van der Waals surface area (Å²) in [5, 5.41) is 12.4. The van der Waals surface area contributed by atoms with Crippen molar-refractivity contribution in [2.45, 2.75) is 50.9 Å². The molecule has 1 aliphatic carbocycles. The van der Waals surface area contributed by atoms with E-state index < -0.39 is 0 Å². The zero-order valence-electron chi connectivity index (χ0n) is 17.3. The van der Waals surface area contributed by atoms with Gasteiger partial charge in [-0.1, -0.05) is 24.2 Å². The first-order valence-electron chi connectivity index (χ1n) is 11.0. The number of nitrogens with zero attached hydrogens (tertiary/aromatic N) is 3. The Morgan fingerprint density at radius 2 is 1.84 bits per heavy atom. The molecule has 31 heavy (non-hydrogen) atoms. The smallest absolute Gasteiger partial charge is 0.286 e. The lowest BCUT2D eigenvalue weighted by molar-refractivity contribution is -0.133. The summed E-state index contributed by atoms with van der Waals surface area (Å²) in [6, 6.07) is 5.28. The molecule has 0 radical (unpaired) electrons. The fraction of sp³-hybridized carbons (Fsp3) is 0.545. The topological polar surface area (TPSA) is 93.7 Å². The number of nitrogens with one attached hydrogen (secondary N) is 1. The quantitative estimate of drug-likeness (QED) is 0.757. The molecular weight excluding hydrogens is 416 g/mol. The average Bonchev–Trinajstić information content (AvgIpc) is 3.55. The second-order valence-electron chi connectivity index (χ2n) is 8.48. The lowest BCUT2D eigenvalue weighted by atomic mass is 9.96. The van der Waals surface area contributed by atoms with E-state index in [-0.39, 0.29) is 18.6 Å². The van der Waals surface area contributed by atoms with Crippen LogP contribution in [0.1, 0.15) is 65.7 Å². The van der Waals surface area contributed by atoms with Crippen LogP contribution in [0.25, 0.3) is 0 Å². The summed E-state index contributed by atoms with van der Waals surface area (Å²) < 4.78 is 10.6. The minimum atomic E-state index is -0.285. The summed E-state index contributed by atoms with van der Waals surface area (Å²) in [6.07, 6.45) is 7.37. The number of ether oxygens (including phenoxy) is 2. The maximum Gasteiger partial charge on any atom is 0.286 e. The summed E-state index contributed by atoms with van der Waals surface area (Å²) in [4.78, 5) is 27.2. The molecule has 2 aromatic rings. The minimum absolute atomic E-state index is 0.192. The van der Waals surface area contributed by atoms with Gasteiger partial charge in [0.15, 0.2) is 11.5 Å². The predicted molar refractivity (Wildman–Crippen MR) is 116 cm³/mol. The fourth-order valence-electron chi connectivity index (χ4n) is 4.62. The molecule has 1 saturated heterocycles. The van der Waals surface area contributed by atoms with Crippen LogP contribution in [0.5, 0.6) is 11.5 Å². The van der Waals surface area contributed by atoms with Crippen molar-refractivity contribution in [3.63, 3.8) is 0 Å². The molecule has 1 aromatic carbocycles. The molecule has 0 bridgehead atoms. The molecule has 8 nitrogen and oxygen atoms in total. The number of hydrogen-bond donors (Lipinski definition) is 1. The number of aromatic nitrogens is 2. The van der Waals surface area contributed by atoms with E-state index in [1.165, 1.54) is 37.0 Å². The van der Waals surface area contributed by atoms with Gasteiger partial charge in [0.2, 0.25) is 17.7 Å². The summed E-state index contributed by atoms with van der Waals surface area (Å²) in [7, 11) is 0. The number of likely N-dealkylation sites (tertiary alicyclic amines) is 1. The van der Waals surface area contributed by atoms with Gasteiger partial charge in [0.25, 0.3) is 5.91 Å². The van der Waals surface area contributed by atoms with Crippen molar-refractivity contribution in [2.24, 2.45) is 5.92 Å². The van der Waals surface area contributed by atoms with E-state index in [0.717, 1.165) is 30.9 Å². The van der Waals surface area contributed by atoms with Crippen LogP contribution in [0.3, 0.4) is 0 Å². The normalized spacial score (nSPS) is 19.0. The van der Waals surface area contributed by atoms with Crippen molar-refractivity contribution in [1.29, 1.82) is 0 Å². The first-order valence-corrected chi connectivity index (χ1v) is 11.8. The van der Waals surface area contributed by atoms with Crippen molar-refractivity contribution >= 4 is 28.8 Å². The van der Waals surface area contributed by atoms with E-state index in [4.69, 9.17) is 9.47 Å². The molecule has 5 rings (SSSR count). The highest BCUT2D eigenvalue weighted by atomic mass is 32.1. The van der Waals surface area contributed by atoms with Gasteiger partial charge in [-0.25, -0.2) is 0 Å². The van der Waals surface area contributed by atoms with Crippen LogP contribution >= 0.6 is 11.3 Å². The molecule has 3 heterocycles. The van der Waals surface area contributed by atoms with Gasteiger partial charge >= 0.3 is 0 Å². The molecule has 0 atom stereocenters. The van der Waals surface area contributed by atoms with Gasteiger partial charge < -0.3 is 19.7 Å². The number of hydrogen-bond acceptors (Lipinski definition) is 7. The number of rotatable bonds is 5. The third kappa shape index (κ3) is 4.51. The van der Waals surface area contributed by atoms with Crippen molar-refractivity contribution in [1.82, 2.24) is 15.1 Å². The largest absolute Gasteiger partial charge is 0.454 e. The van der Waals surface area contributed by atoms with Crippen LogP contribution < -0.4 is 14.8 Å². The van der Waals surface area contributed by atoms with Crippen LogP contribution in [0, 0.1) is 5.92 Å². The zero-order chi connectivity index (χ0) is 21.2. The third-order valence-corrected chi connectivity index (χ3v) is 7.48. The molecule has 1 saturated carbocycles. The van der Waals surface area contributed by atoms with E-state index in [0.29, 0.717) is 40.4 Å². The number of anilines is 1. The highest BCUT2D eigenvalue weighted by Gasteiger charge is 2.29. The van der Waals surface area contributed by atoms with E-state index in [2.05, 4.69) is 15.5 Å². The molecule has 164 valence electrons. The third-order valence-electron chi connectivity index (χ3n) is 6.40. The first-order chi connectivity index (χ1) is 15.2. The van der Waals surface area contributed by atoms with Gasteiger partial charge in [-0.05, 0) is 43.7 Å². The average molecular weight is 443 g/mol. The summed E-state index contributed by atoms with van der Waals surface area (Å²) in [5.74, 6) is 2.13. The standard InChI is InChI=1S/C22H26N4O4S/c27-19(11-14-3-1-2-4-14)26-9-7-15(8-10-26)21-24-25-22(31-21)20(28)23-16-5-6-17-18(12-16)30-13-29-17/h5-6,12,14-15H,1-4,7-11,13H2,(H,23,28). The second-order valence-corrected chi connectivity index (χ2v) is 9.49. The summed E-state index contributed by atoms with van der Waals surface area (Å²) in [5.41, 5.74) is 0.625. The zero-order valence-corrected chi connectivity index (χ0v) is 18.2. The molecule has 3 aliphatic rings. The van der Waals surface area contributed by atoms with E-state index in [9.17, 15) is 9.59 Å². The highest BCUT2D eigenvalue weighted by Crippen LogP contribution is 2.35. The van der Waals surface area contributed by atoms with Crippen LogP contribution in [0.4, 0.5) is 5.69 Å². The Kier molecular flexibility index (Phi) is 5.76. The Bertz CT molecular complexity index is 964. The number of carbonyl (C=O) groups excluding carboxylic acids is 2. The number of benzene rings is 1. The minimum Gasteiger partial charge on any atom is -0.454 e. The van der Waals surface area contributed by atoms with Crippen molar-refractivity contribution in [3.05, 3.63) is 28.2 Å². The van der Waals surface area contributed by atoms with Gasteiger partial charge in [0.05, 0.1) is 0 Å². The molecule has 0 unspecified atom stereocenters. The van der Waals surface area contributed by atoms with Gasteiger partial charge in [0, 0.05) is 37.2 Å². The van der Waals surface area contributed by atoms with Crippen LogP contribution in [0.2, 0.25) is 0 Å². The van der Waals surface area contributed by atoms with Crippen LogP contribution in [-0.2, 0) is 4.79 Å². The molecular formula is C22H26N4O4S. The molecule has 1 aromatic heterocycles. The van der Waals surface area contributed by atoms with Crippen molar-refractivity contribution in [3.8, 4) is 11.5 Å². The highest BCUT2D eigenvalue weighted by molar-refractivity contribution is 7.13. The molecule has 2 aliphatic heterocycles. The number of carbonyl (C=O) groups is 2. The summed E-state index contributed by atoms with van der Waals surface area (Å²) >= 11 is 1.33. The van der Waals surface area contributed by atoms with Crippen molar-refractivity contribution in [2.75, 3.05) is 25.2 Å². The molecule has 0 spiro atoms. The Morgan fingerprint density at radius 3 is 2.65 bits per heavy atom. The van der Waals surface area contributed by atoms with Gasteiger partial charge in [0.1, 0.15) is 5.01 Å². The van der Waals surface area contributed by atoms with Gasteiger partial charge in [-0.3, -0.25) is 9.59 Å². The fourth-order valence-corrected chi connectivity index (χ4v) is 5.52. The second kappa shape index (κ2) is 8.82. The SMILES string of the molecule is O=C(Nc1ccc2c(c1)OCO2)c1nnc(C2CCN(C(=O)CC3CCCC3)CC2)s1. The Morgan fingerprint density at radius 1 is 1.06 bits per heavy atom. The summed E-state index contributed by atoms with van der Waals surface area (Å²) in [6.45, 7) is 1.71. The lowest BCUT2D eigenvalue weighted by Crippen LogP contribution is -2.38. The van der Waals surface area contributed by atoms with Gasteiger partial charge in [-0.2, -0.15) is 0 Å². The first kappa shape index (κ1) is 20.2. The van der Waals surface area contributed by atoms with E-state index >= 15 is 0 Å². The monoisotopic (exact) mass is 442 g/mol. The van der Waals surface area contributed by atoms with Gasteiger partial charge in [-0.15, -0.1) is 10.2 Å².